The molecule has 2 bridgehead atoms. The molecule has 8 heteroatoms. The molecule has 0 aromatic heterocycles. The Kier molecular flexibility index (Phi) is 7.92. The number of thioether (sulfide) groups is 1. The Morgan fingerprint density at radius 1 is 1.35 bits per heavy atom. The number of aliphatic hydroxyl groups is 1. The molecule has 1 spiro atoms. The first-order valence-corrected chi connectivity index (χ1v) is 13.2. The molecule has 0 radical (unpaired) electrons. The van der Waals surface area contributed by atoms with Crippen LogP contribution in [0.3, 0.4) is 0 Å². The van der Waals surface area contributed by atoms with Gasteiger partial charge in [-0.05, 0) is 39.5 Å². The van der Waals surface area contributed by atoms with Crippen molar-refractivity contribution in [3.8, 4) is 0 Å². The van der Waals surface area contributed by atoms with Gasteiger partial charge >= 0.3 is 5.97 Å². The number of likely N-dealkylation sites (tertiary alicyclic amines) is 1. The largest absolute Gasteiger partial charge is 0.461 e. The summed E-state index contributed by atoms with van der Waals surface area (Å²) in [4.78, 5) is 44.9. The van der Waals surface area contributed by atoms with Crippen molar-refractivity contribution < 1.29 is 24.2 Å². The number of carbonyl (C=O) groups excluding carboxylic acids is 3. The molecule has 2 amide bonds. The molecule has 3 saturated heterocycles. The van der Waals surface area contributed by atoms with Crippen LogP contribution >= 0.6 is 11.8 Å². The fraction of sp³-hybridized carbons (Fsp3) is 0.731. The van der Waals surface area contributed by atoms with Gasteiger partial charge in [0.1, 0.15) is 12.6 Å². The van der Waals surface area contributed by atoms with Crippen molar-refractivity contribution in [3.63, 3.8) is 0 Å². The smallest absolute Gasteiger partial charge is 0.311 e. The maximum Gasteiger partial charge on any atom is 0.311 e. The van der Waals surface area contributed by atoms with Crippen LogP contribution in [0.4, 0.5) is 0 Å². The lowest BCUT2D eigenvalue weighted by atomic mass is 9.71. The lowest BCUT2D eigenvalue weighted by Crippen LogP contribution is -2.61. The highest BCUT2D eigenvalue weighted by molar-refractivity contribution is 8.02. The van der Waals surface area contributed by atoms with E-state index in [9.17, 15) is 19.5 Å². The van der Waals surface area contributed by atoms with Crippen LogP contribution in [0.15, 0.2) is 25.3 Å². The second-order valence-electron chi connectivity index (χ2n) is 10.8. The van der Waals surface area contributed by atoms with Gasteiger partial charge in [0, 0.05) is 17.3 Å². The number of carbonyl (C=O) groups is 3. The van der Waals surface area contributed by atoms with Crippen molar-refractivity contribution in [3.05, 3.63) is 25.3 Å². The molecule has 3 aliphatic rings. The monoisotopic (exact) mass is 492 g/mol. The van der Waals surface area contributed by atoms with Crippen LogP contribution in [0, 0.1) is 17.8 Å². The predicted octanol–water partition coefficient (Wildman–Crippen LogP) is 3.03. The highest BCUT2D eigenvalue weighted by atomic mass is 32.2. The van der Waals surface area contributed by atoms with Gasteiger partial charge in [-0.25, -0.2) is 0 Å². The van der Waals surface area contributed by atoms with Gasteiger partial charge in [0.25, 0.3) is 0 Å². The molecule has 190 valence electrons. The van der Waals surface area contributed by atoms with E-state index >= 15 is 0 Å². The number of rotatable bonds is 10. The molecule has 34 heavy (non-hydrogen) atoms. The molecule has 0 aromatic carbocycles. The van der Waals surface area contributed by atoms with E-state index in [0.717, 1.165) is 12.8 Å². The third-order valence-electron chi connectivity index (χ3n) is 7.82. The highest BCUT2D eigenvalue weighted by Crippen LogP contribution is 2.67. The average molecular weight is 493 g/mol. The molecule has 0 aliphatic carbocycles. The van der Waals surface area contributed by atoms with Gasteiger partial charge in [0.15, 0.2) is 0 Å². The van der Waals surface area contributed by atoms with E-state index in [2.05, 4.69) is 13.2 Å². The van der Waals surface area contributed by atoms with Gasteiger partial charge in [-0.15, -0.1) is 18.3 Å². The van der Waals surface area contributed by atoms with Gasteiger partial charge in [0.05, 0.1) is 29.2 Å². The Morgan fingerprint density at radius 2 is 2.03 bits per heavy atom. The molecule has 2 unspecified atom stereocenters. The minimum Gasteiger partial charge on any atom is -0.461 e. The number of nitrogens with zero attached hydrogens (tertiary/aromatic N) is 2. The van der Waals surface area contributed by atoms with E-state index in [4.69, 9.17) is 4.74 Å². The van der Waals surface area contributed by atoms with Crippen LogP contribution in [0.25, 0.3) is 0 Å². The first kappa shape index (κ1) is 26.8. The van der Waals surface area contributed by atoms with Crippen molar-refractivity contribution in [2.45, 2.75) is 81.5 Å². The van der Waals surface area contributed by atoms with Crippen LogP contribution < -0.4 is 0 Å². The van der Waals surface area contributed by atoms with Crippen molar-refractivity contribution >= 4 is 29.5 Å². The summed E-state index contributed by atoms with van der Waals surface area (Å²) in [5.41, 5.74) is -0.483. The Morgan fingerprint density at radius 3 is 2.56 bits per heavy atom. The molecule has 0 saturated carbocycles. The minimum absolute atomic E-state index is 0.00432. The SMILES string of the molecule is C=CCOC(=O)[C@@H]1[C@H]2C(=O)N([C@@H](CO)[C@@H](C)CC)C(C(=O)N(CC=C)C(C)(C)C)C23CC[C@H]1S3. The minimum atomic E-state index is -0.748. The van der Waals surface area contributed by atoms with Crippen molar-refractivity contribution in [2.24, 2.45) is 17.8 Å². The van der Waals surface area contributed by atoms with Crippen LogP contribution in [0.2, 0.25) is 0 Å². The normalized spacial score (nSPS) is 31.7. The Bertz CT molecular complexity index is 840. The van der Waals surface area contributed by atoms with E-state index in [0.29, 0.717) is 13.0 Å². The third kappa shape index (κ3) is 4.21. The number of esters is 1. The molecular weight excluding hydrogens is 452 g/mol. The van der Waals surface area contributed by atoms with E-state index in [-0.39, 0.29) is 36.2 Å². The van der Waals surface area contributed by atoms with Crippen molar-refractivity contribution in [1.82, 2.24) is 9.80 Å². The molecule has 1 N–H and O–H groups in total. The fourth-order valence-corrected chi connectivity index (χ4v) is 8.21. The van der Waals surface area contributed by atoms with Crippen LogP contribution in [-0.4, -0.2) is 80.1 Å². The summed E-state index contributed by atoms with van der Waals surface area (Å²) in [6.07, 6.45) is 5.41. The summed E-state index contributed by atoms with van der Waals surface area (Å²) in [6, 6.07) is -1.25. The molecule has 0 aromatic rings. The fourth-order valence-electron chi connectivity index (χ4n) is 6.02. The summed E-state index contributed by atoms with van der Waals surface area (Å²) in [7, 11) is 0. The summed E-state index contributed by atoms with van der Waals surface area (Å²) in [5.74, 6) is -1.97. The maximum absolute atomic E-state index is 14.3. The lowest BCUT2D eigenvalue weighted by Gasteiger charge is -2.44. The van der Waals surface area contributed by atoms with Crippen molar-refractivity contribution in [2.75, 3.05) is 19.8 Å². The number of hydrogen-bond donors (Lipinski definition) is 1. The summed E-state index contributed by atoms with van der Waals surface area (Å²) in [6.45, 7) is 17.6. The maximum atomic E-state index is 14.3. The second-order valence-corrected chi connectivity index (χ2v) is 12.4. The average Bonchev–Trinajstić information content (AvgIpc) is 3.43. The first-order valence-electron chi connectivity index (χ1n) is 12.3. The Balaban J connectivity index is 2.13. The Labute approximate surface area is 208 Å². The van der Waals surface area contributed by atoms with Crippen LogP contribution in [0.5, 0.6) is 0 Å². The van der Waals surface area contributed by atoms with Crippen LogP contribution in [-0.2, 0) is 19.1 Å². The number of ether oxygens (including phenoxy) is 1. The standard InChI is InChI=1S/C26H40N2O5S/c1-8-13-27(25(5,6)7)23(31)21-26-12-11-18(34-26)19(24(32)33-14-9-2)20(26)22(30)28(21)17(15-29)16(4)10-3/h8-9,16-21,29H,1-2,10-15H2,3-7H3/t16-,17-,18+,19-,20-,21?,26?/m0/s1. The zero-order valence-corrected chi connectivity index (χ0v) is 22.0. The van der Waals surface area contributed by atoms with Gasteiger partial charge in [-0.3, -0.25) is 14.4 Å². The molecule has 3 heterocycles. The van der Waals surface area contributed by atoms with E-state index in [1.807, 2.05) is 34.6 Å². The van der Waals surface area contributed by atoms with E-state index in [1.54, 1.807) is 27.6 Å². The lowest BCUT2D eigenvalue weighted by molar-refractivity contribution is -0.154. The quantitative estimate of drug-likeness (QED) is 0.373. The summed E-state index contributed by atoms with van der Waals surface area (Å²) >= 11 is 1.61. The van der Waals surface area contributed by atoms with Gasteiger partial charge in [-0.2, -0.15) is 0 Å². The molecule has 7 atom stereocenters. The van der Waals surface area contributed by atoms with Crippen LogP contribution in [0.1, 0.15) is 53.9 Å². The van der Waals surface area contributed by atoms with Crippen molar-refractivity contribution in [1.29, 1.82) is 0 Å². The zero-order valence-electron chi connectivity index (χ0n) is 21.2. The topological polar surface area (TPSA) is 87.1 Å². The predicted molar refractivity (Wildman–Crippen MR) is 134 cm³/mol. The molecule has 3 rings (SSSR count). The van der Waals surface area contributed by atoms with E-state index < -0.39 is 40.2 Å². The molecule has 7 nitrogen and oxygen atoms in total. The summed E-state index contributed by atoms with van der Waals surface area (Å²) < 4.78 is 4.70. The number of amides is 2. The third-order valence-corrected chi connectivity index (χ3v) is 9.77. The molecular formula is C26H40N2O5S. The van der Waals surface area contributed by atoms with Gasteiger partial charge in [0.2, 0.25) is 11.8 Å². The van der Waals surface area contributed by atoms with Gasteiger partial charge in [-0.1, -0.05) is 39.0 Å². The zero-order chi connectivity index (χ0) is 25.4. The number of aliphatic hydroxyl groups excluding tert-OH is 1. The van der Waals surface area contributed by atoms with Gasteiger partial charge < -0.3 is 19.6 Å². The Hall–Kier alpha value is -1.80. The number of fused-ring (bicyclic) bond motifs is 1. The highest BCUT2D eigenvalue weighted by Gasteiger charge is 2.75. The molecule has 3 aliphatic heterocycles. The first-order chi connectivity index (χ1) is 16.0. The second kappa shape index (κ2) is 10.1. The van der Waals surface area contributed by atoms with E-state index in [1.165, 1.54) is 6.08 Å². The molecule has 3 fully saturated rings. The number of hydrogen-bond acceptors (Lipinski definition) is 6. The summed E-state index contributed by atoms with van der Waals surface area (Å²) in [5, 5.41) is 10.3.